The molecule has 135 heavy (non-hydrogen) atoms. The molecule has 6 amide bonds. The normalized spacial score (nSPS) is 12.3. The van der Waals surface area contributed by atoms with Gasteiger partial charge >= 0.3 is 0 Å². The number of carbonyl (C=O) groups excluding carboxylic acids is 6. The molecule has 0 saturated heterocycles. The van der Waals surface area contributed by atoms with Crippen molar-refractivity contribution in [3.05, 3.63) is 463 Å². The molecule has 15 aromatic carbocycles. The Morgan fingerprint density at radius 1 is 0.296 bits per heavy atom. The number of carbonyl (C=O) groups is 6. The summed E-state index contributed by atoms with van der Waals surface area (Å²) in [5.74, 6) is -4.22. The van der Waals surface area contributed by atoms with Crippen molar-refractivity contribution in [2.75, 3.05) is 38.4 Å². The summed E-state index contributed by atoms with van der Waals surface area (Å²) >= 11 is 18.1. The molecule has 670 valence electrons. The number of anilines is 8. The number of nitrogens with one attached hydrogen (secondary N) is 3. The average molecular weight is 1860 g/mol. The maximum atomic E-state index is 13.7. The first kappa shape index (κ1) is 92.3. The Balaban J connectivity index is 0.000000132. The van der Waals surface area contributed by atoms with Gasteiger partial charge in [0.05, 0.1) is 91.1 Å². The van der Waals surface area contributed by atoms with Gasteiger partial charge < -0.3 is 20.9 Å². The molecule has 0 spiro atoms. The minimum Gasteiger partial charge on any atom is -0.348 e. The largest absolute Gasteiger partial charge is 0.348 e. The Hall–Kier alpha value is -16.0. The summed E-state index contributed by atoms with van der Waals surface area (Å²) in [5, 5.41) is 9.04. The monoisotopic (exact) mass is 1860 g/mol. The van der Waals surface area contributed by atoms with E-state index in [1.54, 1.807) is 174 Å². The first-order chi connectivity index (χ1) is 65.4. The van der Waals surface area contributed by atoms with Gasteiger partial charge in [-0.1, -0.05) is 121 Å². The summed E-state index contributed by atoms with van der Waals surface area (Å²) in [4.78, 5) is 104. The van der Waals surface area contributed by atoms with Gasteiger partial charge in [-0.05, 0) is 247 Å². The molecular formula is C108H77Cl3F7N11O6. The summed E-state index contributed by atoms with van der Waals surface area (Å²) in [6, 6.07) is 92.4. The number of benzene rings is 15. The van der Waals surface area contributed by atoms with Gasteiger partial charge in [-0.15, -0.1) is 23.2 Å². The van der Waals surface area contributed by atoms with Crippen molar-refractivity contribution < 1.29 is 59.5 Å². The molecule has 0 aliphatic carbocycles. The van der Waals surface area contributed by atoms with E-state index in [9.17, 15) is 59.5 Å². The van der Waals surface area contributed by atoms with Gasteiger partial charge in [0.15, 0.2) is 0 Å². The van der Waals surface area contributed by atoms with Crippen LogP contribution in [0.1, 0.15) is 106 Å². The molecule has 3 N–H and O–H groups in total. The molecule has 0 fully saturated rings. The summed E-state index contributed by atoms with van der Waals surface area (Å²) in [5.41, 5.74) is 19.0. The number of nitrogens with zero attached hydrogens (tertiary/aromatic N) is 8. The number of hydrogen-bond donors (Lipinski definition) is 3. The Kier molecular flexibility index (Phi) is 28.4. The molecule has 4 heterocycles. The standard InChI is InChI=1S/C30H22ClF2N3O2.C29H20ClF2N3O2.C28H21F2N3O.C21H14ClFN2O/c31-16-15-28(37)36-26-4-2-1-3-24(26)29(20-7-12-23(33)13-8-20)35-25-17-21(9-14-27(25)36)30(38)34-18-19-5-10-22(32)11-6-19;30-16-27(36)35-25-4-2-1-3-23(25)28(19-7-12-22(32)13-8-19)34-24-15-20(9-14-26(24)35)29(37)33-17-18-5-10-21(31)11-6-18;1-33-25-5-3-2-4-23(25)27(19-8-13-22(30)14-9-19)32-24-16-20(10-15-26(24)33)28(34)31-17-18-6-11-21(29)12-7-18;1-13(26)25-19-5-3-2-4-17(19)21(14-6-9-16(23)10-7-14)24-18-12-15(22)8-11-20(18)25/h1-14,17H,15-16,18H2,(H,34,38);1-15H,16-17H2,(H,33,37);2-16H,17H2,1H3,(H,31,34);2-12H,1H3. The first-order valence-corrected chi connectivity index (χ1v) is 43.8. The molecule has 17 nitrogen and oxygen atoms in total. The molecule has 0 bridgehead atoms. The number of amides is 6. The average Bonchev–Trinajstić information content (AvgIpc) is 1.64. The van der Waals surface area contributed by atoms with Gasteiger partial charge in [-0.2, -0.15) is 0 Å². The first-order valence-electron chi connectivity index (χ1n) is 42.3. The van der Waals surface area contributed by atoms with E-state index in [1.807, 2.05) is 103 Å². The molecule has 4 aliphatic heterocycles. The topological polar surface area (TPSA) is 201 Å². The summed E-state index contributed by atoms with van der Waals surface area (Å²) in [7, 11) is 1.95. The Labute approximate surface area is 786 Å². The molecule has 0 radical (unpaired) electrons. The lowest BCUT2D eigenvalue weighted by molar-refractivity contribution is -0.118. The van der Waals surface area contributed by atoms with Crippen molar-refractivity contribution in [3.8, 4) is 0 Å². The number of aliphatic imine (C=N–C) groups is 4. The second-order valence-electron chi connectivity index (χ2n) is 31.1. The molecule has 0 atom stereocenters. The van der Waals surface area contributed by atoms with Gasteiger partial charge in [-0.25, -0.2) is 50.7 Å². The quantitative estimate of drug-likeness (QED) is 0.0631. The van der Waals surface area contributed by atoms with Crippen LogP contribution in [-0.2, 0) is 34.0 Å². The van der Waals surface area contributed by atoms with Crippen LogP contribution in [0.15, 0.2) is 360 Å². The molecule has 27 heteroatoms. The maximum absolute atomic E-state index is 13.7. The zero-order valence-electron chi connectivity index (χ0n) is 71.9. The summed E-state index contributed by atoms with van der Waals surface area (Å²) in [6.07, 6.45) is 0.0983. The predicted octanol–water partition coefficient (Wildman–Crippen LogP) is 24.7. The SMILES string of the molecule is CC(=O)N1c2ccc(Cl)cc2N=C(c2ccc(F)cc2)c2ccccc21.CN1c2ccc(C(=O)NCc3ccc(F)cc3)cc2N=C(c2ccc(F)cc2)c2ccccc21.O=C(NCc1ccc(F)cc1)c1ccc2c(c1)N=C(c1ccc(F)cc1)c1ccccc1N2C(=O)CCCl.O=C(NCc1ccc(F)cc1)c1ccc2c(c1)N=C(c1ccc(F)cc1)c1ccccc1N2C(=O)CCl. The Morgan fingerprint density at radius 3 is 0.889 bits per heavy atom. The van der Waals surface area contributed by atoms with Crippen LogP contribution in [0.25, 0.3) is 0 Å². The molecule has 15 aromatic rings. The summed E-state index contributed by atoms with van der Waals surface area (Å²) in [6.45, 7) is 2.22. The number of halogens is 10. The number of alkyl halides is 2. The van der Waals surface area contributed by atoms with Crippen LogP contribution in [0, 0.1) is 40.7 Å². The van der Waals surface area contributed by atoms with Crippen molar-refractivity contribution in [3.63, 3.8) is 0 Å². The molecule has 4 aliphatic rings. The van der Waals surface area contributed by atoms with Crippen molar-refractivity contribution in [1.82, 2.24) is 16.0 Å². The maximum Gasteiger partial charge on any atom is 0.251 e. The van der Waals surface area contributed by atoms with E-state index >= 15 is 0 Å². The lowest BCUT2D eigenvalue weighted by atomic mass is 10.00. The lowest BCUT2D eigenvalue weighted by Gasteiger charge is -2.24. The van der Waals surface area contributed by atoms with Crippen LogP contribution < -0.4 is 35.6 Å². The smallest absolute Gasteiger partial charge is 0.251 e. The number of fused-ring (bicyclic) bond motifs is 8. The number of hydrogen-bond acceptors (Lipinski definition) is 11. The zero-order chi connectivity index (χ0) is 94.5. The second kappa shape index (κ2) is 41.6. The van der Waals surface area contributed by atoms with Crippen molar-refractivity contribution in [2.45, 2.75) is 33.0 Å². The van der Waals surface area contributed by atoms with Crippen molar-refractivity contribution >= 4 is 161 Å². The van der Waals surface area contributed by atoms with Crippen LogP contribution in [0.3, 0.4) is 0 Å². The Bertz CT molecular complexity index is 7200. The highest BCUT2D eigenvalue weighted by Gasteiger charge is 2.33. The van der Waals surface area contributed by atoms with Gasteiger partial charge in [0.2, 0.25) is 17.7 Å². The number of para-hydroxylation sites is 4. The predicted molar refractivity (Wildman–Crippen MR) is 517 cm³/mol. The van der Waals surface area contributed by atoms with Crippen molar-refractivity contribution in [1.29, 1.82) is 0 Å². The molecule has 19 rings (SSSR count). The minimum atomic E-state index is -0.384. The summed E-state index contributed by atoms with van der Waals surface area (Å²) < 4.78 is 93.8. The van der Waals surface area contributed by atoms with E-state index in [4.69, 9.17) is 54.8 Å². The fourth-order valence-corrected chi connectivity index (χ4v) is 16.1. The van der Waals surface area contributed by atoms with Crippen LogP contribution in [0.2, 0.25) is 5.02 Å². The lowest BCUT2D eigenvalue weighted by Crippen LogP contribution is -2.28. The van der Waals surface area contributed by atoms with Crippen LogP contribution in [0.4, 0.5) is 99.0 Å². The second-order valence-corrected chi connectivity index (χ2v) is 32.1. The Morgan fingerprint density at radius 2 is 0.563 bits per heavy atom. The molecule has 0 saturated carbocycles. The van der Waals surface area contributed by atoms with E-state index in [2.05, 4.69) is 16.0 Å². The van der Waals surface area contributed by atoms with Crippen LogP contribution in [0.5, 0.6) is 0 Å². The highest BCUT2D eigenvalue weighted by Crippen LogP contribution is 2.47. The van der Waals surface area contributed by atoms with Crippen molar-refractivity contribution in [2.24, 2.45) is 20.0 Å². The highest BCUT2D eigenvalue weighted by atomic mass is 35.5. The molecule has 0 unspecified atom stereocenters. The number of rotatable bonds is 16. The van der Waals surface area contributed by atoms with Crippen LogP contribution in [-0.4, -0.2) is 77.1 Å². The van der Waals surface area contributed by atoms with Crippen LogP contribution >= 0.6 is 34.8 Å². The minimum absolute atomic E-state index is 0.0983. The van der Waals surface area contributed by atoms with E-state index in [0.717, 1.165) is 56.0 Å². The molecular weight excluding hydrogens is 1790 g/mol. The van der Waals surface area contributed by atoms with Gasteiger partial charge in [0.1, 0.15) is 46.6 Å². The third-order valence-electron chi connectivity index (χ3n) is 22.2. The van der Waals surface area contributed by atoms with Gasteiger partial charge in [-0.3, -0.25) is 43.5 Å². The van der Waals surface area contributed by atoms with E-state index in [0.29, 0.717) is 118 Å². The molecule has 0 aromatic heterocycles. The fourth-order valence-electron chi connectivity index (χ4n) is 15.6. The van der Waals surface area contributed by atoms with E-state index in [-0.39, 0.29) is 114 Å². The third-order valence-corrected chi connectivity index (χ3v) is 22.8. The highest BCUT2D eigenvalue weighted by molar-refractivity contribution is 6.33. The third kappa shape index (κ3) is 21.1. The fraction of sp³-hybridized carbons (Fsp3) is 0.0741. The van der Waals surface area contributed by atoms with E-state index < -0.39 is 0 Å². The van der Waals surface area contributed by atoms with Gasteiger partial charge in [0, 0.05) is 112 Å². The van der Waals surface area contributed by atoms with E-state index in [1.165, 1.54) is 96.8 Å². The zero-order valence-corrected chi connectivity index (χ0v) is 74.1. The van der Waals surface area contributed by atoms with Gasteiger partial charge in [0.25, 0.3) is 17.7 Å².